The second-order valence-corrected chi connectivity index (χ2v) is 3.60. The highest BCUT2D eigenvalue weighted by molar-refractivity contribution is 5.20. The molecule has 0 saturated carbocycles. The van der Waals surface area contributed by atoms with Crippen LogP contribution in [-0.2, 0) is 0 Å². The Morgan fingerprint density at radius 1 is 1.60 bits per heavy atom. The first-order valence-electron chi connectivity index (χ1n) is 5.24. The number of rotatable bonds is 4. The molecule has 1 rings (SSSR count). The van der Waals surface area contributed by atoms with Crippen LogP contribution in [0.2, 0.25) is 0 Å². The molecule has 2 nitrogen and oxygen atoms in total. The smallest absolute Gasteiger partial charge is 0.0921 e. The van der Waals surface area contributed by atoms with Crippen LogP contribution >= 0.6 is 0 Å². The highest BCUT2D eigenvalue weighted by Gasteiger charge is 2.11. The molecule has 1 heterocycles. The molecule has 1 atom stereocenters. The largest absolute Gasteiger partial charge is 0.260 e. The van der Waals surface area contributed by atoms with Crippen molar-refractivity contribution in [2.75, 3.05) is 0 Å². The van der Waals surface area contributed by atoms with Gasteiger partial charge < -0.3 is 0 Å². The second kappa shape index (κ2) is 5.98. The van der Waals surface area contributed by atoms with Crippen LogP contribution < -0.4 is 0 Å². The number of hydrogen-bond donors (Lipinski definition) is 0. The number of nitrogens with zero attached hydrogens (tertiary/aromatic N) is 2. The quantitative estimate of drug-likeness (QED) is 0.698. The van der Waals surface area contributed by atoms with E-state index in [1.165, 1.54) is 5.57 Å². The van der Waals surface area contributed by atoms with Crippen molar-refractivity contribution < 1.29 is 0 Å². The van der Waals surface area contributed by atoms with Gasteiger partial charge in [0.15, 0.2) is 0 Å². The predicted octanol–water partition coefficient (Wildman–Crippen LogP) is 3.44. The lowest BCUT2D eigenvalue weighted by atomic mass is 9.97. The van der Waals surface area contributed by atoms with Crippen LogP contribution in [0.4, 0.5) is 0 Å². The van der Waals surface area contributed by atoms with Crippen LogP contribution in [0.5, 0.6) is 0 Å². The Labute approximate surface area is 91.3 Å². The Hall–Kier alpha value is -1.62. The van der Waals surface area contributed by atoms with Gasteiger partial charge in [0.2, 0.25) is 0 Å². The fourth-order valence-electron chi connectivity index (χ4n) is 1.55. The minimum Gasteiger partial charge on any atom is -0.260 e. The average Bonchev–Trinajstić information content (AvgIpc) is 2.27. The predicted molar refractivity (Wildman–Crippen MR) is 61.3 cm³/mol. The average molecular weight is 200 g/mol. The van der Waals surface area contributed by atoms with Crippen molar-refractivity contribution in [3.8, 4) is 6.07 Å². The molecule has 0 fully saturated rings. The summed E-state index contributed by atoms with van der Waals surface area (Å²) >= 11 is 0. The van der Waals surface area contributed by atoms with Crippen LogP contribution in [0.15, 0.2) is 36.0 Å². The van der Waals surface area contributed by atoms with E-state index in [2.05, 4.69) is 31.0 Å². The number of aromatic nitrogens is 1. The highest BCUT2D eigenvalue weighted by Crippen LogP contribution is 2.20. The fourth-order valence-corrected chi connectivity index (χ4v) is 1.55. The third kappa shape index (κ3) is 3.55. The van der Waals surface area contributed by atoms with Gasteiger partial charge in [-0.1, -0.05) is 24.6 Å². The van der Waals surface area contributed by atoms with Crippen molar-refractivity contribution in [2.24, 2.45) is 0 Å². The second-order valence-electron chi connectivity index (χ2n) is 3.60. The molecule has 0 spiro atoms. The lowest BCUT2D eigenvalue weighted by Crippen LogP contribution is -1.99. The van der Waals surface area contributed by atoms with E-state index in [-0.39, 0.29) is 5.92 Å². The van der Waals surface area contributed by atoms with E-state index >= 15 is 0 Å². The molecule has 0 aliphatic rings. The molecule has 1 unspecified atom stereocenters. The third-order valence-electron chi connectivity index (χ3n) is 2.28. The Bertz CT molecular complexity index is 360. The molecule has 0 amide bonds. The molecule has 15 heavy (non-hydrogen) atoms. The monoisotopic (exact) mass is 200 g/mol. The Morgan fingerprint density at radius 2 is 2.40 bits per heavy atom. The van der Waals surface area contributed by atoms with E-state index in [9.17, 15) is 0 Å². The van der Waals surface area contributed by atoms with Crippen molar-refractivity contribution in [3.05, 3.63) is 41.7 Å². The first-order chi connectivity index (χ1) is 7.27. The first kappa shape index (κ1) is 11.5. The third-order valence-corrected chi connectivity index (χ3v) is 2.28. The summed E-state index contributed by atoms with van der Waals surface area (Å²) in [6, 6.07) is 8.00. The van der Waals surface area contributed by atoms with Crippen molar-refractivity contribution in [3.63, 3.8) is 0 Å². The molecule has 0 bridgehead atoms. The van der Waals surface area contributed by atoms with Crippen molar-refractivity contribution >= 4 is 0 Å². The number of nitriles is 1. The van der Waals surface area contributed by atoms with Crippen molar-refractivity contribution in [1.29, 1.82) is 5.26 Å². The molecule has 1 aromatic heterocycles. The molecule has 2 heteroatoms. The van der Waals surface area contributed by atoms with Crippen LogP contribution in [-0.4, -0.2) is 4.98 Å². The van der Waals surface area contributed by atoms with E-state index in [0.717, 1.165) is 18.5 Å². The summed E-state index contributed by atoms with van der Waals surface area (Å²) in [5.74, 6) is -0.117. The maximum absolute atomic E-state index is 9.08. The summed E-state index contributed by atoms with van der Waals surface area (Å²) in [6.07, 6.45) is 5.69. The van der Waals surface area contributed by atoms with Crippen molar-refractivity contribution in [2.45, 2.75) is 32.6 Å². The molecular weight excluding hydrogens is 184 g/mol. The minimum absolute atomic E-state index is 0.117. The summed E-state index contributed by atoms with van der Waals surface area (Å²) in [5, 5.41) is 9.08. The van der Waals surface area contributed by atoms with Gasteiger partial charge >= 0.3 is 0 Å². The Balaban J connectivity index is 2.75. The molecule has 0 aliphatic heterocycles. The van der Waals surface area contributed by atoms with Gasteiger partial charge in [-0.05, 0) is 31.9 Å². The summed E-state index contributed by atoms with van der Waals surface area (Å²) in [7, 11) is 0. The molecule has 0 N–H and O–H groups in total. The summed E-state index contributed by atoms with van der Waals surface area (Å²) < 4.78 is 0. The Kier molecular flexibility index (Phi) is 4.56. The zero-order valence-electron chi connectivity index (χ0n) is 9.27. The SMILES string of the molecule is CC/C=C(\C)CC(C#N)c1ccccn1. The molecule has 0 aromatic carbocycles. The first-order valence-corrected chi connectivity index (χ1v) is 5.24. The Morgan fingerprint density at radius 3 is 2.93 bits per heavy atom. The van der Waals surface area contributed by atoms with E-state index in [0.29, 0.717) is 0 Å². The van der Waals surface area contributed by atoms with E-state index < -0.39 is 0 Å². The minimum atomic E-state index is -0.117. The summed E-state index contributed by atoms with van der Waals surface area (Å²) in [5.41, 5.74) is 2.12. The van der Waals surface area contributed by atoms with Gasteiger partial charge in [-0.25, -0.2) is 0 Å². The van der Waals surface area contributed by atoms with Crippen LogP contribution in [0.1, 0.15) is 38.3 Å². The maximum Gasteiger partial charge on any atom is 0.0921 e. The topological polar surface area (TPSA) is 36.7 Å². The molecule has 78 valence electrons. The van der Waals surface area contributed by atoms with E-state index in [1.807, 2.05) is 18.2 Å². The van der Waals surface area contributed by atoms with Gasteiger partial charge in [-0.2, -0.15) is 5.26 Å². The number of hydrogen-bond acceptors (Lipinski definition) is 2. The van der Waals surface area contributed by atoms with Crippen LogP contribution in [0.3, 0.4) is 0 Å². The van der Waals surface area contributed by atoms with Gasteiger partial charge in [0.25, 0.3) is 0 Å². The number of allylic oxidation sites excluding steroid dienone is 2. The lowest BCUT2D eigenvalue weighted by molar-refractivity contribution is 0.800. The fraction of sp³-hybridized carbons (Fsp3) is 0.385. The molecule has 0 radical (unpaired) electrons. The highest BCUT2D eigenvalue weighted by atomic mass is 14.7. The maximum atomic E-state index is 9.08. The van der Waals surface area contributed by atoms with E-state index in [4.69, 9.17) is 5.26 Å². The molecular formula is C13H16N2. The molecule has 0 aliphatic carbocycles. The molecule has 1 aromatic rings. The van der Waals surface area contributed by atoms with Crippen LogP contribution in [0, 0.1) is 11.3 Å². The van der Waals surface area contributed by atoms with Gasteiger partial charge in [-0.15, -0.1) is 0 Å². The standard InChI is InChI=1S/C13H16N2/c1-3-6-11(2)9-12(10-14)13-7-4-5-8-15-13/h4-8,12H,3,9H2,1-2H3/b11-6+. The lowest BCUT2D eigenvalue weighted by Gasteiger charge is -2.08. The van der Waals surface area contributed by atoms with Gasteiger partial charge in [0, 0.05) is 6.20 Å². The zero-order valence-corrected chi connectivity index (χ0v) is 9.27. The number of pyridine rings is 1. The van der Waals surface area contributed by atoms with Crippen LogP contribution in [0.25, 0.3) is 0 Å². The summed E-state index contributed by atoms with van der Waals surface area (Å²) in [4.78, 5) is 4.21. The van der Waals surface area contributed by atoms with Gasteiger partial charge in [-0.3, -0.25) is 4.98 Å². The normalized spacial score (nSPS) is 13.3. The summed E-state index contributed by atoms with van der Waals surface area (Å²) in [6.45, 7) is 4.17. The van der Waals surface area contributed by atoms with E-state index in [1.54, 1.807) is 6.20 Å². The van der Waals surface area contributed by atoms with Crippen molar-refractivity contribution in [1.82, 2.24) is 4.98 Å². The zero-order chi connectivity index (χ0) is 11.1. The molecule has 0 saturated heterocycles. The van der Waals surface area contributed by atoms with Gasteiger partial charge in [0.1, 0.15) is 0 Å². The van der Waals surface area contributed by atoms with Gasteiger partial charge in [0.05, 0.1) is 17.7 Å².